The third kappa shape index (κ3) is 4.98. The Bertz CT molecular complexity index is 306. The number of carbonyl (C=O) groups excluding carboxylic acids is 1. The Balaban J connectivity index is 2.23. The number of hydrogen-bond acceptors (Lipinski definition) is 3. The molecular weight excluding hydrogens is 206 g/mol. The van der Waals surface area contributed by atoms with E-state index in [0.29, 0.717) is 19.3 Å². The number of aliphatic hydroxyl groups excluding tert-OH is 1. The molecule has 2 N–H and O–H groups in total. The lowest BCUT2D eigenvalue weighted by atomic mass is 10.1. The summed E-state index contributed by atoms with van der Waals surface area (Å²) in [5.74, 6) is 0.836. The number of nitrogens with one attached hydrogen (secondary N) is 1. The first-order valence-electron chi connectivity index (χ1n) is 5.57. The minimum Gasteiger partial charge on any atom is -0.469 e. The summed E-state index contributed by atoms with van der Waals surface area (Å²) in [6.45, 7) is 3.61. The summed E-state index contributed by atoms with van der Waals surface area (Å²) in [6.07, 6.45) is 2.75. The minimum absolute atomic E-state index is 0.0278. The van der Waals surface area contributed by atoms with Crippen LogP contribution in [0.2, 0.25) is 0 Å². The normalized spacial score (nSPS) is 14.4. The molecule has 0 saturated heterocycles. The lowest BCUT2D eigenvalue weighted by Crippen LogP contribution is -2.34. The second-order valence-corrected chi connectivity index (χ2v) is 4.14. The maximum absolute atomic E-state index is 11.4. The van der Waals surface area contributed by atoms with Crippen LogP contribution in [-0.2, 0) is 11.2 Å². The van der Waals surface area contributed by atoms with Gasteiger partial charge in [-0.15, -0.1) is 0 Å². The zero-order chi connectivity index (χ0) is 12.0. The first-order chi connectivity index (χ1) is 7.58. The summed E-state index contributed by atoms with van der Waals surface area (Å²) >= 11 is 0. The lowest BCUT2D eigenvalue weighted by Gasteiger charge is -2.12. The van der Waals surface area contributed by atoms with E-state index in [2.05, 4.69) is 5.32 Å². The van der Waals surface area contributed by atoms with E-state index >= 15 is 0 Å². The van der Waals surface area contributed by atoms with E-state index in [-0.39, 0.29) is 11.9 Å². The molecule has 0 bridgehead atoms. The van der Waals surface area contributed by atoms with Gasteiger partial charge in [0.2, 0.25) is 5.91 Å². The van der Waals surface area contributed by atoms with Crippen molar-refractivity contribution in [2.24, 2.45) is 0 Å². The molecule has 0 fully saturated rings. The summed E-state index contributed by atoms with van der Waals surface area (Å²) in [4.78, 5) is 11.4. The summed E-state index contributed by atoms with van der Waals surface area (Å²) in [7, 11) is 0. The van der Waals surface area contributed by atoms with E-state index in [1.54, 1.807) is 13.2 Å². The molecule has 0 aliphatic carbocycles. The molecule has 1 aromatic rings. The fraction of sp³-hybridized carbons (Fsp3) is 0.583. The zero-order valence-corrected chi connectivity index (χ0v) is 9.77. The molecule has 0 aromatic carbocycles. The molecular formula is C12H19NO3. The lowest BCUT2D eigenvalue weighted by molar-refractivity contribution is -0.122. The Morgan fingerprint density at radius 3 is 2.88 bits per heavy atom. The van der Waals surface area contributed by atoms with Crippen molar-refractivity contribution in [1.29, 1.82) is 0 Å². The summed E-state index contributed by atoms with van der Waals surface area (Å²) in [5.41, 5.74) is 0. The van der Waals surface area contributed by atoms with Crippen LogP contribution in [0.4, 0.5) is 0 Å². The Hall–Kier alpha value is -1.29. The first kappa shape index (κ1) is 12.8. The van der Waals surface area contributed by atoms with Gasteiger partial charge in [-0.1, -0.05) is 0 Å². The van der Waals surface area contributed by atoms with Gasteiger partial charge in [0.1, 0.15) is 5.76 Å². The second kappa shape index (κ2) is 6.33. The molecule has 2 unspecified atom stereocenters. The van der Waals surface area contributed by atoms with Crippen LogP contribution < -0.4 is 5.32 Å². The molecule has 16 heavy (non-hydrogen) atoms. The van der Waals surface area contributed by atoms with Crippen LogP contribution in [0, 0.1) is 0 Å². The predicted octanol–water partition coefficient (Wildman–Crippen LogP) is 1.49. The van der Waals surface area contributed by atoms with Crippen LogP contribution in [0.5, 0.6) is 0 Å². The highest BCUT2D eigenvalue weighted by molar-refractivity contribution is 5.76. The van der Waals surface area contributed by atoms with Crippen LogP contribution >= 0.6 is 0 Å². The second-order valence-electron chi connectivity index (χ2n) is 4.14. The van der Waals surface area contributed by atoms with Gasteiger partial charge in [0.15, 0.2) is 0 Å². The highest BCUT2D eigenvalue weighted by Gasteiger charge is 2.10. The highest BCUT2D eigenvalue weighted by Crippen LogP contribution is 2.04. The molecule has 0 saturated carbocycles. The van der Waals surface area contributed by atoms with Gasteiger partial charge in [-0.05, 0) is 32.4 Å². The van der Waals surface area contributed by atoms with Crippen molar-refractivity contribution in [3.8, 4) is 0 Å². The van der Waals surface area contributed by atoms with Gasteiger partial charge < -0.3 is 14.8 Å². The SMILES string of the molecule is CC(O)CCC(=O)NC(C)Cc1ccco1. The van der Waals surface area contributed by atoms with Crippen molar-refractivity contribution in [1.82, 2.24) is 5.32 Å². The smallest absolute Gasteiger partial charge is 0.220 e. The van der Waals surface area contributed by atoms with Gasteiger partial charge in [0, 0.05) is 18.9 Å². The molecule has 1 heterocycles. The van der Waals surface area contributed by atoms with E-state index < -0.39 is 6.10 Å². The number of furan rings is 1. The molecule has 0 spiro atoms. The van der Waals surface area contributed by atoms with E-state index in [4.69, 9.17) is 9.52 Å². The third-order valence-electron chi connectivity index (χ3n) is 2.28. The molecule has 0 aliphatic rings. The van der Waals surface area contributed by atoms with Crippen LogP contribution in [-0.4, -0.2) is 23.2 Å². The fourth-order valence-corrected chi connectivity index (χ4v) is 1.47. The molecule has 1 amide bonds. The van der Waals surface area contributed by atoms with Crippen LogP contribution in [0.15, 0.2) is 22.8 Å². The Morgan fingerprint density at radius 2 is 2.31 bits per heavy atom. The Labute approximate surface area is 95.7 Å². The number of amides is 1. The molecule has 4 heteroatoms. The third-order valence-corrected chi connectivity index (χ3v) is 2.28. The summed E-state index contributed by atoms with van der Waals surface area (Å²) in [5, 5.41) is 11.9. The van der Waals surface area contributed by atoms with Gasteiger partial charge in [-0.2, -0.15) is 0 Å². The standard InChI is InChI=1S/C12H19NO3/c1-9(8-11-4-3-7-16-11)13-12(15)6-5-10(2)14/h3-4,7,9-10,14H,5-6,8H2,1-2H3,(H,13,15). The van der Waals surface area contributed by atoms with Gasteiger partial charge in [0.25, 0.3) is 0 Å². The monoisotopic (exact) mass is 225 g/mol. The Morgan fingerprint density at radius 1 is 1.56 bits per heavy atom. The van der Waals surface area contributed by atoms with Gasteiger partial charge in [0.05, 0.1) is 12.4 Å². The quantitative estimate of drug-likeness (QED) is 0.771. The van der Waals surface area contributed by atoms with E-state index in [1.807, 2.05) is 19.1 Å². The van der Waals surface area contributed by atoms with Crippen LogP contribution in [0.25, 0.3) is 0 Å². The molecule has 90 valence electrons. The maximum atomic E-state index is 11.4. The number of aliphatic hydroxyl groups is 1. The van der Waals surface area contributed by atoms with Crippen LogP contribution in [0.1, 0.15) is 32.4 Å². The van der Waals surface area contributed by atoms with Crippen molar-refractivity contribution in [3.05, 3.63) is 24.2 Å². The predicted molar refractivity (Wildman–Crippen MR) is 60.9 cm³/mol. The minimum atomic E-state index is -0.425. The molecule has 1 aromatic heterocycles. The van der Waals surface area contributed by atoms with Crippen molar-refractivity contribution < 1.29 is 14.3 Å². The van der Waals surface area contributed by atoms with E-state index in [9.17, 15) is 4.79 Å². The zero-order valence-electron chi connectivity index (χ0n) is 9.77. The van der Waals surface area contributed by atoms with Crippen molar-refractivity contribution >= 4 is 5.91 Å². The molecule has 2 atom stereocenters. The fourth-order valence-electron chi connectivity index (χ4n) is 1.47. The maximum Gasteiger partial charge on any atom is 0.220 e. The van der Waals surface area contributed by atoms with Crippen molar-refractivity contribution in [3.63, 3.8) is 0 Å². The average Bonchev–Trinajstić information content (AvgIpc) is 2.67. The molecule has 4 nitrogen and oxygen atoms in total. The van der Waals surface area contributed by atoms with Crippen molar-refractivity contribution in [2.45, 2.75) is 45.3 Å². The number of carbonyl (C=O) groups is 1. The number of rotatable bonds is 6. The van der Waals surface area contributed by atoms with Gasteiger partial charge >= 0.3 is 0 Å². The first-order valence-corrected chi connectivity index (χ1v) is 5.57. The highest BCUT2D eigenvalue weighted by atomic mass is 16.3. The topological polar surface area (TPSA) is 62.5 Å². The van der Waals surface area contributed by atoms with E-state index in [0.717, 1.165) is 5.76 Å². The molecule has 0 radical (unpaired) electrons. The van der Waals surface area contributed by atoms with E-state index in [1.165, 1.54) is 0 Å². The molecule has 1 rings (SSSR count). The summed E-state index contributed by atoms with van der Waals surface area (Å²) in [6, 6.07) is 3.77. The summed E-state index contributed by atoms with van der Waals surface area (Å²) < 4.78 is 5.19. The number of hydrogen-bond donors (Lipinski definition) is 2. The van der Waals surface area contributed by atoms with Gasteiger partial charge in [-0.25, -0.2) is 0 Å². The average molecular weight is 225 g/mol. The van der Waals surface area contributed by atoms with Gasteiger partial charge in [-0.3, -0.25) is 4.79 Å². The van der Waals surface area contributed by atoms with Crippen LogP contribution in [0.3, 0.4) is 0 Å². The van der Waals surface area contributed by atoms with Crippen molar-refractivity contribution in [2.75, 3.05) is 0 Å². The largest absolute Gasteiger partial charge is 0.469 e. The Kier molecular flexibility index (Phi) is 5.05. The molecule has 0 aliphatic heterocycles.